The van der Waals surface area contributed by atoms with Gasteiger partial charge in [-0.25, -0.2) is 9.78 Å². The highest BCUT2D eigenvalue weighted by molar-refractivity contribution is 5.37. The summed E-state index contributed by atoms with van der Waals surface area (Å²) in [4.78, 5) is 19.3. The third kappa shape index (κ3) is 2.95. The number of hydrogen-bond acceptors (Lipinski definition) is 4. The Balaban J connectivity index is 2.48. The summed E-state index contributed by atoms with van der Waals surface area (Å²) in [6.07, 6.45) is 2.72. The van der Waals surface area contributed by atoms with Crippen molar-refractivity contribution in [3.63, 3.8) is 0 Å². The van der Waals surface area contributed by atoms with Crippen molar-refractivity contribution >= 4 is 6.47 Å². The van der Waals surface area contributed by atoms with E-state index < -0.39 is 0 Å². The maximum atomic E-state index is 10.1. The molecule has 1 saturated carbocycles. The molecule has 0 amide bonds. The molecule has 0 saturated heterocycles. The van der Waals surface area contributed by atoms with Gasteiger partial charge in [0, 0.05) is 5.92 Å². The standard InChI is InChI=1S/C12H18O4/c1-12(2)10(5-4-6-16-14-3)7-11(12)8-15-9-13/h4,9,11H,6-8H2,1-3H3. The molecule has 0 aromatic heterocycles. The second kappa shape index (κ2) is 5.85. The van der Waals surface area contributed by atoms with Crippen molar-refractivity contribution in [1.82, 2.24) is 0 Å². The Labute approximate surface area is 95.8 Å². The van der Waals surface area contributed by atoms with Gasteiger partial charge in [-0.05, 0) is 23.5 Å². The molecule has 4 heteroatoms. The van der Waals surface area contributed by atoms with Crippen LogP contribution < -0.4 is 0 Å². The minimum Gasteiger partial charge on any atom is -0.468 e. The SMILES string of the molecule is COOCC=C=C1CC(COC=O)C1(C)C. The molecule has 0 N–H and O–H groups in total. The van der Waals surface area contributed by atoms with E-state index in [1.54, 1.807) is 6.08 Å². The summed E-state index contributed by atoms with van der Waals surface area (Å²) >= 11 is 0. The summed E-state index contributed by atoms with van der Waals surface area (Å²) in [5.41, 5.74) is 4.47. The summed E-state index contributed by atoms with van der Waals surface area (Å²) in [6, 6.07) is 0. The van der Waals surface area contributed by atoms with Crippen molar-refractivity contribution < 1.29 is 19.3 Å². The first-order valence-corrected chi connectivity index (χ1v) is 5.28. The number of rotatable bonds is 6. The predicted molar refractivity (Wildman–Crippen MR) is 58.5 cm³/mol. The molecule has 16 heavy (non-hydrogen) atoms. The summed E-state index contributed by atoms with van der Waals surface area (Å²) in [6.45, 7) is 5.63. The van der Waals surface area contributed by atoms with Gasteiger partial charge in [0.2, 0.25) is 0 Å². The molecule has 0 aromatic carbocycles. The van der Waals surface area contributed by atoms with E-state index in [-0.39, 0.29) is 5.41 Å². The van der Waals surface area contributed by atoms with Crippen LogP contribution in [-0.2, 0) is 19.3 Å². The average molecular weight is 226 g/mol. The van der Waals surface area contributed by atoms with E-state index in [0.717, 1.165) is 6.42 Å². The molecule has 1 aliphatic carbocycles. The summed E-state index contributed by atoms with van der Waals surface area (Å²) in [5, 5.41) is 0. The summed E-state index contributed by atoms with van der Waals surface area (Å²) in [7, 11) is 1.47. The Bertz CT molecular complexity index is 300. The molecule has 90 valence electrons. The lowest BCUT2D eigenvalue weighted by Gasteiger charge is -2.45. The maximum absolute atomic E-state index is 10.1. The Morgan fingerprint density at radius 2 is 2.31 bits per heavy atom. The Morgan fingerprint density at radius 3 is 2.88 bits per heavy atom. The second-order valence-electron chi connectivity index (χ2n) is 4.33. The van der Waals surface area contributed by atoms with Crippen molar-refractivity contribution in [2.75, 3.05) is 20.3 Å². The van der Waals surface area contributed by atoms with E-state index in [1.165, 1.54) is 12.7 Å². The van der Waals surface area contributed by atoms with Gasteiger partial charge in [-0.3, -0.25) is 4.79 Å². The van der Waals surface area contributed by atoms with Gasteiger partial charge in [-0.1, -0.05) is 13.8 Å². The van der Waals surface area contributed by atoms with Crippen LogP contribution in [0.4, 0.5) is 0 Å². The third-order valence-electron chi connectivity index (χ3n) is 3.16. The first-order chi connectivity index (χ1) is 7.62. The molecule has 0 bridgehead atoms. The maximum Gasteiger partial charge on any atom is 0.293 e. The largest absolute Gasteiger partial charge is 0.468 e. The lowest BCUT2D eigenvalue weighted by atomic mass is 9.59. The quantitative estimate of drug-likeness (QED) is 0.228. The first kappa shape index (κ1) is 13.0. The molecule has 1 unspecified atom stereocenters. The van der Waals surface area contributed by atoms with Gasteiger partial charge in [0.15, 0.2) is 0 Å². The first-order valence-electron chi connectivity index (χ1n) is 5.28. The molecule has 0 aromatic rings. The normalized spacial score (nSPS) is 21.9. The zero-order valence-electron chi connectivity index (χ0n) is 9.99. The molecule has 1 fully saturated rings. The number of ether oxygens (including phenoxy) is 1. The van der Waals surface area contributed by atoms with Gasteiger partial charge in [0.05, 0.1) is 13.7 Å². The second-order valence-corrected chi connectivity index (χ2v) is 4.33. The lowest BCUT2D eigenvalue weighted by molar-refractivity contribution is -0.263. The molecule has 1 atom stereocenters. The van der Waals surface area contributed by atoms with Crippen LogP contribution in [0.3, 0.4) is 0 Å². The van der Waals surface area contributed by atoms with Gasteiger partial charge < -0.3 is 4.74 Å². The fourth-order valence-electron chi connectivity index (χ4n) is 1.81. The highest BCUT2D eigenvalue weighted by Gasteiger charge is 2.43. The fraction of sp³-hybridized carbons (Fsp3) is 0.667. The van der Waals surface area contributed by atoms with E-state index in [1.807, 2.05) is 0 Å². The molecule has 0 heterocycles. The van der Waals surface area contributed by atoms with E-state index in [4.69, 9.17) is 9.62 Å². The van der Waals surface area contributed by atoms with Crippen LogP contribution >= 0.6 is 0 Å². The van der Waals surface area contributed by atoms with E-state index >= 15 is 0 Å². The van der Waals surface area contributed by atoms with Gasteiger partial charge in [-0.2, -0.15) is 0 Å². The number of hydrogen-bond donors (Lipinski definition) is 0. The molecular formula is C12H18O4. The smallest absolute Gasteiger partial charge is 0.293 e. The lowest BCUT2D eigenvalue weighted by Crippen LogP contribution is -2.40. The predicted octanol–water partition coefficient (Wildman–Crippen LogP) is 1.86. The molecule has 0 radical (unpaired) electrons. The molecule has 0 aliphatic heterocycles. The van der Waals surface area contributed by atoms with Crippen molar-refractivity contribution in [3.05, 3.63) is 17.4 Å². The monoisotopic (exact) mass is 226 g/mol. The fourth-order valence-corrected chi connectivity index (χ4v) is 1.81. The zero-order valence-corrected chi connectivity index (χ0v) is 9.99. The average Bonchev–Trinajstić information content (AvgIpc) is 2.26. The van der Waals surface area contributed by atoms with Gasteiger partial charge in [-0.15, -0.1) is 5.73 Å². The molecule has 1 aliphatic rings. The van der Waals surface area contributed by atoms with Crippen LogP contribution in [0.1, 0.15) is 20.3 Å². The Morgan fingerprint density at radius 1 is 1.56 bits per heavy atom. The molecule has 4 nitrogen and oxygen atoms in total. The van der Waals surface area contributed by atoms with E-state index in [9.17, 15) is 4.79 Å². The third-order valence-corrected chi connectivity index (χ3v) is 3.16. The number of carbonyl (C=O) groups excluding carboxylic acids is 1. The summed E-state index contributed by atoms with van der Waals surface area (Å²) in [5.74, 6) is 0.386. The number of carbonyl (C=O) groups is 1. The minimum atomic E-state index is 0.0482. The van der Waals surface area contributed by atoms with Gasteiger partial charge in [0.1, 0.15) is 6.61 Å². The van der Waals surface area contributed by atoms with E-state index in [0.29, 0.717) is 25.6 Å². The Hall–Kier alpha value is -1.09. The van der Waals surface area contributed by atoms with Crippen LogP contribution in [0.15, 0.2) is 17.4 Å². The van der Waals surface area contributed by atoms with Crippen LogP contribution in [-0.4, -0.2) is 26.8 Å². The van der Waals surface area contributed by atoms with Crippen molar-refractivity contribution in [2.24, 2.45) is 11.3 Å². The highest BCUT2D eigenvalue weighted by atomic mass is 17.2. The highest BCUT2D eigenvalue weighted by Crippen LogP contribution is 2.50. The van der Waals surface area contributed by atoms with Crippen molar-refractivity contribution in [3.8, 4) is 0 Å². The molecule has 1 rings (SSSR count). The minimum absolute atomic E-state index is 0.0482. The summed E-state index contributed by atoms with van der Waals surface area (Å²) < 4.78 is 4.79. The van der Waals surface area contributed by atoms with Gasteiger partial charge in [0.25, 0.3) is 6.47 Å². The van der Waals surface area contributed by atoms with Crippen LogP contribution in [0.2, 0.25) is 0 Å². The Kier molecular flexibility index (Phi) is 4.74. The topological polar surface area (TPSA) is 44.8 Å². The van der Waals surface area contributed by atoms with Crippen molar-refractivity contribution in [1.29, 1.82) is 0 Å². The van der Waals surface area contributed by atoms with Crippen molar-refractivity contribution in [2.45, 2.75) is 20.3 Å². The van der Waals surface area contributed by atoms with Crippen LogP contribution in [0, 0.1) is 11.3 Å². The zero-order chi connectivity index (χ0) is 12.0. The molecular weight excluding hydrogens is 208 g/mol. The molecule has 0 spiro atoms. The van der Waals surface area contributed by atoms with Gasteiger partial charge >= 0.3 is 0 Å². The van der Waals surface area contributed by atoms with E-state index in [2.05, 4.69) is 24.5 Å². The van der Waals surface area contributed by atoms with Crippen LogP contribution in [0.25, 0.3) is 0 Å². The van der Waals surface area contributed by atoms with Crippen LogP contribution in [0.5, 0.6) is 0 Å².